The molecule has 0 aromatic carbocycles. The Kier molecular flexibility index (Phi) is 7.42. The van der Waals surface area contributed by atoms with Crippen LogP contribution in [0.4, 0.5) is 0 Å². The topological polar surface area (TPSA) is 55.8 Å². The Bertz CT molecular complexity index is 264. The van der Waals surface area contributed by atoms with E-state index in [1.165, 1.54) is 12.5 Å². The molecule has 4 nitrogen and oxygen atoms in total. The molecule has 1 heterocycles. The van der Waals surface area contributed by atoms with Crippen molar-refractivity contribution < 1.29 is 19.1 Å². The molecule has 1 N–H and O–H groups in total. The van der Waals surface area contributed by atoms with E-state index in [1.54, 1.807) is 0 Å². The Labute approximate surface area is 111 Å². The highest BCUT2D eigenvalue weighted by molar-refractivity contribution is 6.53. The van der Waals surface area contributed by atoms with Gasteiger partial charge in [0.15, 0.2) is 5.78 Å². The van der Waals surface area contributed by atoms with Crippen LogP contribution in [-0.2, 0) is 14.0 Å². The molecule has 0 spiro atoms. The molecule has 5 heteroatoms. The average molecular weight is 272 g/mol. The second-order valence-corrected chi connectivity index (χ2v) is 7.44. The summed E-state index contributed by atoms with van der Waals surface area (Å²) in [4.78, 5) is 11.1. The second kappa shape index (κ2) is 8.58. The zero-order valence-electron chi connectivity index (χ0n) is 11.1. The maximum absolute atomic E-state index is 11.1. The first-order valence-corrected chi connectivity index (χ1v) is 8.69. The minimum atomic E-state index is -1.28. The molecule has 104 valence electrons. The predicted molar refractivity (Wildman–Crippen MR) is 73.0 cm³/mol. The Morgan fingerprint density at radius 1 is 1.61 bits per heavy atom. The first-order chi connectivity index (χ1) is 8.67. The lowest BCUT2D eigenvalue weighted by molar-refractivity contribution is -0.117. The smallest absolute Gasteiger partial charge is 0.205 e. The van der Waals surface area contributed by atoms with Gasteiger partial charge >= 0.3 is 0 Å². The number of aliphatic hydroxyl groups excluding tert-OH is 1. The standard InChI is InChI=1S/C13H24O4Si/c1-3-11(14)9-12(15)10-16-13(4-2)18-8-6-5-7-17-18/h3,12-13,15,18H,1,4-10H2,2H3. The molecule has 3 unspecified atom stereocenters. The van der Waals surface area contributed by atoms with Gasteiger partial charge in [-0.25, -0.2) is 0 Å². The fourth-order valence-corrected chi connectivity index (χ4v) is 4.92. The Morgan fingerprint density at radius 2 is 2.39 bits per heavy atom. The maximum atomic E-state index is 11.1. The van der Waals surface area contributed by atoms with Crippen LogP contribution in [0.1, 0.15) is 32.6 Å². The van der Waals surface area contributed by atoms with Gasteiger partial charge in [-0.05, 0) is 25.0 Å². The normalized spacial score (nSPS) is 23.3. The summed E-state index contributed by atoms with van der Waals surface area (Å²) in [6, 6.07) is 1.15. The number of hydrogen-bond acceptors (Lipinski definition) is 4. The van der Waals surface area contributed by atoms with Crippen LogP contribution in [0.25, 0.3) is 0 Å². The molecular weight excluding hydrogens is 248 g/mol. The van der Waals surface area contributed by atoms with Crippen LogP contribution in [0.15, 0.2) is 12.7 Å². The molecule has 1 fully saturated rings. The number of hydrogen-bond donors (Lipinski definition) is 1. The van der Waals surface area contributed by atoms with Crippen molar-refractivity contribution in [3.63, 3.8) is 0 Å². The fraction of sp³-hybridized carbons (Fsp3) is 0.769. The third-order valence-electron chi connectivity index (χ3n) is 3.20. The van der Waals surface area contributed by atoms with Crippen LogP contribution in [0.3, 0.4) is 0 Å². The second-order valence-electron chi connectivity index (χ2n) is 4.71. The molecule has 1 aliphatic rings. The largest absolute Gasteiger partial charge is 0.417 e. The van der Waals surface area contributed by atoms with E-state index in [2.05, 4.69) is 13.5 Å². The summed E-state index contributed by atoms with van der Waals surface area (Å²) in [6.07, 6.45) is 3.89. The number of rotatable bonds is 8. The molecule has 0 amide bonds. The molecule has 3 atom stereocenters. The fourth-order valence-electron chi connectivity index (χ4n) is 2.16. The van der Waals surface area contributed by atoms with Gasteiger partial charge in [0.1, 0.15) is 0 Å². The third kappa shape index (κ3) is 5.43. The number of carbonyl (C=O) groups is 1. The third-order valence-corrected chi connectivity index (χ3v) is 6.33. The Hall–Kier alpha value is -0.493. The highest BCUT2D eigenvalue weighted by Gasteiger charge is 2.26. The molecule has 1 rings (SSSR count). The van der Waals surface area contributed by atoms with Gasteiger partial charge in [-0.2, -0.15) is 0 Å². The van der Waals surface area contributed by atoms with E-state index >= 15 is 0 Å². The number of ketones is 1. The summed E-state index contributed by atoms with van der Waals surface area (Å²) in [7, 11) is -1.28. The van der Waals surface area contributed by atoms with Gasteiger partial charge < -0.3 is 14.3 Å². The van der Waals surface area contributed by atoms with Crippen molar-refractivity contribution in [2.24, 2.45) is 0 Å². The molecule has 18 heavy (non-hydrogen) atoms. The van der Waals surface area contributed by atoms with Gasteiger partial charge in [-0.15, -0.1) is 0 Å². The van der Waals surface area contributed by atoms with E-state index in [0.29, 0.717) is 0 Å². The Balaban J connectivity index is 2.29. The van der Waals surface area contributed by atoms with Gasteiger partial charge in [0, 0.05) is 13.0 Å². The van der Waals surface area contributed by atoms with Gasteiger partial charge in [-0.3, -0.25) is 4.79 Å². The quantitative estimate of drug-likeness (QED) is 0.535. The summed E-state index contributed by atoms with van der Waals surface area (Å²) >= 11 is 0. The lowest BCUT2D eigenvalue weighted by atomic mass is 10.2. The van der Waals surface area contributed by atoms with Crippen LogP contribution in [-0.4, -0.2) is 45.0 Å². The first kappa shape index (κ1) is 15.6. The summed E-state index contributed by atoms with van der Waals surface area (Å²) in [6.45, 7) is 6.53. The minimum absolute atomic E-state index is 0.0903. The van der Waals surface area contributed by atoms with E-state index in [4.69, 9.17) is 9.16 Å². The Morgan fingerprint density at radius 3 is 2.94 bits per heavy atom. The molecule has 0 aromatic heterocycles. The van der Waals surface area contributed by atoms with E-state index in [9.17, 15) is 9.90 Å². The summed E-state index contributed by atoms with van der Waals surface area (Å²) in [5.41, 5.74) is 0.152. The van der Waals surface area contributed by atoms with Crippen molar-refractivity contribution in [3.8, 4) is 0 Å². The number of carbonyl (C=O) groups excluding carboxylic acids is 1. The van der Waals surface area contributed by atoms with Gasteiger partial charge in [0.25, 0.3) is 0 Å². The van der Waals surface area contributed by atoms with Gasteiger partial charge in [0.05, 0.1) is 18.4 Å². The molecule has 0 aliphatic carbocycles. The van der Waals surface area contributed by atoms with Gasteiger partial charge in [-0.1, -0.05) is 19.9 Å². The number of aliphatic hydroxyl groups is 1. The van der Waals surface area contributed by atoms with Crippen LogP contribution < -0.4 is 0 Å². The highest BCUT2D eigenvalue weighted by Crippen LogP contribution is 2.17. The molecule has 1 aliphatic heterocycles. The molecule has 0 radical (unpaired) electrons. The van der Waals surface area contributed by atoms with Crippen LogP contribution >= 0.6 is 0 Å². The zero-order valence-corrected chi connectivity index (χ0v) is 12.3. The minimum Gasteiger partial charge on any atom is -0.417 e. The van der Waals surface area contributed by atoms with Crippen molar-refractivity contribution in [3.05, 3.63) is 12.7 Å². The van der Waals surface area contributed by atoms with Crippen LogP contribution in [0, 0.1) is 0 Å². The molecule has 0 saturated carbocycles. The maximum Gasteiger partial charge on any atom is 0.205 e. The monoisotopic (exact) mass is 272 g/mol. The molecule has 0 bridgehead atoms. The van der Waals surface area contributed by atoms with Crippen molar-refractivity contribution in [1.82, 2.24) is 0 Å². The van der Waals surface area contributed by atoms with Crippen LogP contribution in [0.2, 0.25) is 6.04 Å². The van der Waals surface area contributed by atoms with Crippen molar-refractivity contribution in [1.29, 1.82) is 0 Å². The van der Waals surface area contributed by atoms with Crippen LogP contribution in [0.5, 0.6) is 0 Å². The SMILES string of the molecule is C=CC(=O)CC(O)COC(CC)[SiH]1CCCCO1. The van der Waals surface area contributed by atoms with E-state index in [0.717, 1.165) is 25.5 Å². The molecule has 1 saturated heterocycles. The molecular formula is C13H24O4Si. The zero-order chi connectivity index (χ0) is 13.4. The summed E-state index contributed by atoms with van der Waals surface area (Å²) < 4.78 is 11.6. The van der Waals surface area contributed by atoms with Crippen molar-refractivity contribution >= 4 is 14.8 Å². The number of allylic oxidation sites excluding steroid dienone is 1. The lowest BCUT2D eigenvalue weighted by Crippen LogP contribution is -2.40. The summed E-state index contributed by atoms with van der Waals surface area (Å²) in [5, 5.41) is 9.67. The lowest BCUT2D eigenvalue weighted by Gasteiger charge is -2.29. The number of ether oxygens (including phenoxy) is 1. The van der Waals surface area contributed by atoms with E-state index in [1.807, 2.05) is 0 Å². The van der Waals surface area contributed by atoms with E-state index < -0.39 is 15.1 Å². The predicted octanol–water partition coefficient (Wildman–Crippen LogP) is 1.36. The van der Waals surface area contributed by atoms with Gasteiger partial charge in [0.2, 0.25) is 9.04 Å². The summed E-state index contributed by atoms with van der Waals surface area (Å²) in [5.74, 6) is -0.148. The van der Waals surface area contributed by atoms with Crippen molar-refractivity contribution in [2.75, 3.05) is 13.2 Å². The highest BCUT2D eigenvalue weighted by atomic mass is 28.3. The van der Waals surface area contributed by atoms with E-state index in [-0.39, 0.29) is 24.5 Å². The average Bonchev–Trinajstić information content (AvgIpc) is 2.40. The first-order valence-electron chi connectivity index (χ1n) is 6.73. The van der Waals surface area contributed by atoms with Crippen molar-refractivity contribution in [2.45, 2.75) is 50.5 Å². The molecule has 0 aromatic rings.